The van der Waals surface area contributed by atoms with Gasteiger partial charge in [0.05, 0.1) is 0 Å². The van der Waals surface area contributed by atoms with E-state index in [4.69, 9.17) is 0 Å². The Hall–Kier alpha value is -2.38. The third-order valence-electron chi connectivity index (χ3n) is 4.48. The van der Waals surface area contributed by atoms with Crippen molar-refractivity contribution in [1.29, 1.82) is 0 Å². The predicted octanol–water partition coefficient (Wildman–Crippen LogP) is 0.564. The van der Waals surface area contributed by atoms with E-state index in [0.29, 0.717) is 38.4 Å². The van der Waals surface area contributed by atoms with Crippen molar-refractivity contribution >= 4 is 17.8 Å². The van der Waals surface area contributed by atoms with Gasteiger partial charge in [-0.05, 0) is 31.9 Å². The quantitative estimate of drug-likeness (QED) is 0.875. The van der Waals surface area contributed by atoms with Crippen molar-refractivity contribution in [2.45, 2.75) is 19.8 Å². The normalized spacial score (nSPS) is 18.0. The highest BCUT2D eigenvalue weighted by Gasteiger charge is 2.25. The molecule has 3 amide bonds. The van der Waals surface area contributed by atoms with Gasteiger partial charge < -0.3 is 20.0 Å². The second kappa shape index (κ2) is 7.46. The summed E-state index contributed by atoms with van der Waals surface area (Å²) in [5.74, 6) is 0.719. The molecule has 24 heavy (non-hydrogen) atoms. The van der Waals surface area contributed by atoms with Crippen molar-refractivity contribution in [3.8, 4) is 0 Å². The van der Waals surface area contributed by atoms with Gasteiger partial charge in [-0.15, -0.1) is 10.2 Å². The summed E-state index contributed by atoms with van der Waals surface area (Å²) in [5.41, 5.74) is 0.365. The highest BCUT2D eigenvalue weighted by atomic mass is 16.2. The SMILES string of the molecule is CCNC(=O)N1CCN(C(=O)c2ccc(N3CCCC3)nn2)CC1. The lowest BCUT2D eigenvalue weighted by atomic mass is 10.2. The van der Waals surface area contributed by atoms with Crippen LogP contribution >= 0.6 is 0 Å². The first kappa shape index (κ1) is 16.5. The van der Waals surface area contributed by atoms with Crippen molar-refractivity contribution in [3.63, 3.8) is 0 Å². The highest BCUT2D eigenvalue weighted by molar-refractivity contribution is 5.92. The summed E-state index contributed by atoms with van der Waals surface area (Å²) in [6, 6.07) is 3.55. The maximum absolute atomic E-state index is 12.5. The Morgan fingerprint density at radius 3 is 2.25 bits per heavy atom. The van der Waals surface area contributed by atoms with Gasteiger partial charge in [-0.3, -0.25) is 4.79 Å². The van der Waals surface area contributed by atoms with Gasteiger partial charge in [0.1, 0.15) is 0 Å². The molecule has 1 N–H and O–H groups in total. The number of carbonyl (C=O) groups is 2. The van der Waals surface area contributed by atoms with Crippen molar-refractivity contribution in [3.05, 3.63) is 17.8 Å². The topological polar surface area (TPSA) is 81.7 Å². The molecule has 1 aromatic heterocycles. The highest BCUT2D eigenvalue weighted by Crippen LogP contribution is 2.17. The fourth-order valence-electron chi connectivity index (χ4n) is 3.09. The molecule has 8 heteroatoms. The summed E-state index contributed by atoms with van der Waals surface area (Å²) in [7, 11) is 0. The van der Waals surface area contributed by atoms with Crippen molar-refractivity contribution in [2.24, 2.45) is 0 Å². The molecule has 3 heterocycles. The monoisotopic (exact) mass is 332 g/mol. The number of urea groups is 1. The zero-order valence-corrected chi connectivity index (χ0v) is 14.1. The van der Waals surface area contributed by atoms with Gasteiger partial charge in [-0.1, -0.05) is 0 Å². The van der Waals surface area contributed by atoms with Crippen molar-refractivity contribution < 1.29 is 9.59 Å². The Morgan fingerprint density at radius 1 is 1.00 bits per heavy atom. The molecule has 2 aliphatic rings. The number of nitrogens with zero attached hydrogens (tertiary/aromatic N) is 5. The van der Waals surface area contributed by atoms with Crippen LogP contribution in [0.5, 0.6) is 0 Å². The molecular weight excluding hydrogens is 308 g/mol. The first-order valence-corrected chi connectivity index (χ1v) is 8.59. The molecule has 130 valence electrons. The van der Waals surface area contributed by atoms with E-state index in [1.54, 1.807) is 15.9 Å². The molecule has 1 aromatic rings. The summed E-state index contributed by atoms with van der Waals surface area (Å²) in [5, 5.41) is 11.1. The lowest BCUT2D eigenvalue weighted by Gasteiger charge is -2.34. The largest absolute Gasteiger partial charge is 0.355 e. The predicted molar refractivity (Wildman–Crippen MR) is 90.0 cm³/mol. The molecule has 0 radical (unpaired) electrons. The van der Waals surface area contributed by atoms with Crippen LogP contribution in [0.15, 0.2) is 12.1 Å². The van der Waals surface area contributed by atoms with Crippen LogP contribution in [0.3, 0.4) is 0 Å². The van der Waals surface area contributed by atoms with Gasteiger partial charge in [0.25, 0.3) is 5.91 Å². The minimum Gasteiger partial charge on any atom is -0.355 e. The van der Waals surface area contributed by atoms with E-state index >= 15 is 0 Å². The number of hydrogen-bond acceptors (Lipinski definition) is 5. The molecule has 2 saturated heterocycles. The van der Waals surface area contributed by atoms with Gasteiger partial charge in [0, 0.05) is 45.8 Å². The van der Waals surface area contributed by atoms with Crippen LogP contribution in [-0.4, -0.2) is 77.7 Å². The van der Waals surface area contributed by atoms with Crippen LogP contribution in [0.4, 0.5) is 10.6 Å². The van der Waals surface area contributed by atoms with E-state index in [1.807, 2.05) is 13.0 Å². The third kappa shape index (κ3) is 3.58. The van der Waals surface area contributed by atoms with Crippen LogP contribution < -0.4 is 10.2 Å². The van der Waals surface area contributed by atoms with Crippen LogP contribution in [0.2, 0.25) is 0 Å². The fourth-order valence-corrected chi connectivity index (χ4v) is 3.09. The number of carbonyl (C=O) groups excluding carboxylic acids is 2. The maximum Gasteiger partial charge on any atom is 0.317 e. The summed E-state index contributed by atoms with van der Waals surface area (Å²) in [4.78, 5) is 30.0. The number of amides is 3. The molecule has 0 saturated carbocycles. The van der Waals surface area contributed by atoms with Gasteiger partial charge in [0.15, 0.2) is 11.5 Å². The molecule has 0 aliphatic carbocycles. The van der Waals surface area contributed by atoms with E-state index in [0.717, 1.165) is 18.9 Å². The average Bonchev–Trinajstić information content (AvgIpc) is 3.16. The molecule has 0 unspecified atom stereocenters. The smallest absolute Gasteiger partial charge is 0.317 e. The number of piperazine rings is 1. The minimum absolute atomic E-state index is 0.0700. The number of aromatic nitrogens is 2. The van der Waals surface area contributed by atoms with Gasteiger partial charge >= 0.3 is 6.03 Å². The van der Waals surface area contributed by atoms with Crippen molar-refractivity contribution in [2.75, 3.05) is 50.7 Å². The first-order chi connectivity index (χ1) is 11.7. The summed E-state index contributed by atoms with van der Waals surface area (Å²) < 4.78 is 0. The first-order valence-electron chi connectivity index (χ1n) is 8.59. The fraction of sp³-hybridized carbons (Fsp3) is 0.625. The number of anilines is 1. The zero-order chi connectivity index (χ0) is 16.9. The van der Waals surface area contributed by atoms with E-state index < -0.39 is 0 Å². The molecule has 8 nitrogen and oxygen atoms in total. The van der Waals surface area contributed by atoms with Crippen LogP contribution in [0, 0.1) is 0 Å². The summed E-state index contributed by atoms with van der Waals surface area (Å²) in [6.07, 6.45) is 2.36. The van der Waals surface area contributed by atoms with Gasteiger partial charge in [-0.2, -0.15) is 0 Å². The van der Waals surface area contributed by atoms with Crippen LogP contribution in [-0.2, 0) is 0 Å². The lowest BCUT2D eigenvalue weighted by Crippen LogP contribution is -2.53. The molecule has 0 spiro atoms. The standard InChI is InChI=1S/C16H24N6O2/c1-2-17-16(24)22-11-9-21(10-12-22)15(23)13-5-6-14(19-18-13)20-7-3-4-8-20/h5-6H,2-4,7-12H2,1H3,(H,17,24). The molecule has 2 aliphatic heterocycles. The average molecular weight is 332 g/mol. The van der Waals surface area contributed by atoms with Crippen molar-refractivity contribution in [1.82, 2.24) is 25.3 Å². The summed E-state index contributed by atoms with van der Waals surface area (Å²) >= 11 is 0. The molecule has 2 fully saturated rings. The Morgan fingerprint density at radius 2 is 1.67 bits per heavy atom. The van der Waals surface area contributed by atoms with Crippen LogP contribution in [0.1, 0.15) is 30.3 Å². The third-order valence-corrected chi connectivity index (χ3v) is 4.48. The maximum atomic E-state index is 12.5. The zero-order valence-electron chi connectivity index (χ0n) is 14.1. The molecule has 3 rings (SSSR count). The Labute approximate surface area is 141 Å². The van der Waals surface area contributed by atoms with E-state index in [2.05, 4.69) is 20.4 Å². The second-order valence-electron chi connectivity index (χ2n) is 6.09. The summed E-state index contributed by atoms with van der Waals surface area (Å²) in [6.45, 7) is 6.62. The minimum atomic E-state index is -0.119. The molecular formula is C16H24N6O2. The number of nitrogens with one attached hydrogen (secondary N) is 1. The van der Waals surface area contributed by atoms with E-state index in [9.17, 15) is 9.59 Å². The van der Waals surface area contributed by atoms with Gasteiger partial charge in [-0.25, -0.2) is 4.79 Å². The molecule has 0 atom stereocenters. The Kier molecular flexibility index (Phi) is 5.12. The number of hydrogen-bond donors (Lipinski definition) is 1. The van der Waals surface area contributed by atoms with Gasteiger partial charge in [0.2, 0.25) is 0 Å². The van der Waals surface area contributed by atoms with E-state index in [1.165, 1.54) is 12.8 Å². The lowest BCUT2D eigenvalue weighted by molar-refractivity contribution is 0.0658. The number of rotatable bonds is 3. The second-order valence-corrected chi connectivity index (χ2v) is 6.09. The van der Waals surface area contributed by atoms with E-state index in [-0.39, 0.29) is 11.9 Å². The molecule has 0 aromatic carbocycles. The Balaban J connectivity index is 1.56. The Bertz CT molecular complexity index is 577. The molecule has 0 bridgehead atoms. The van der Waals surface area contributed by atoms with Crippen LogP contribution in [0.25, 0.3) is 0 Å².